The summed E-state index contributed by atoms with van der Waals surface area (Å²) in [4.78, 5) is 0.213. The third kappa shape index (κ3) is 3.68. The zero-order valence-electron chi connectivity index (χ0n) is 12.8. The second kappa shape index (κ2) is 6.66. The van der Waals surface area contributed by atoms with Gasteiger partial charge in [-0.1, -0.05) is 6.92 Å². The predicted molar refractivity (Wildman–Crippen MR) is 84.5 cm³/mol. The van der Waals surface area contributed by atoms with Crippen molar-refractivity contribution in [2.24, 2.45) is 0 Å². The molecule has 8 heteroatoms. The van der Waals surface area contributed by atoms with E-state index in [9.17, 15) is 16.8 Å². The van der Waals surface area contributed by atoms with Crippen LogP contribution in [0.2, 0.25) is 0 Å². The number of nitrogens with one attached hydrogen (secondary N) is 1. The molecule has 22 heavy (non-hydrogen) atoms. The highest BCUT2D eigenvalue weighted by Gasteiger charge is 2.27. The van der Waals surface area contributed by atoms with Gasteiger partial charge in [0.15, 0.2) is 0 Å². The van der Waals surface area contributed by atoms with Gasteiger partial charge in [0.05, 0.1) is 9.79 Å². The van der Waals surface area contributed by atoms with E-state index in [1.165, 1.54) is 28.6 Å². The van der Waals surface area contributed by atoms with Gasteiger partial charge in [-0.2, -0.15) is 4.31 Å². The minimum Gasteiger partial charge on any atom is -0.208 e. The number of hydrogen-bond donors (Lipinski definition) is 1. The smallest absolute Gasteiger partial charge is 0.208 e. The van der Waals surface area contributed by atoms with Crippen molar-refractivity contribution >= 4 is 20.0 Å². The Labute approximate surface area is 132 Å². The van der Waals surface area contributed by atoms with Gasteiger partial charge in [0, 0.05) is 19.1 Å². The first kappa shape index (κ1) is 17.4. The van der Waals surface area contributed by atoms with Crippen LogP contribution >= 0.6 is 0 Å². The van der Waals surface area contributed by atoms with Crippen LogP contribution < -0.4 is 4.72 Å². The summed E-state index contributed by atoms with van der Waals surface area (Å²) >= 11 is 0. The summed E-state index contributed by atoms with van der Waals surface area (Å²) in [5.41, 5.74) is 0. The van der Waals surface area contributed by atoms with E-state index in [-0.39, 0.29) is 15.8 Å². The third-order valence-corrected chi connectivity index (χ3v) is 7.32. The predicted octanol–water partition coefficient (Wildman–Crippen LogP) is 1.55. The number of hydrogen-bond acceptors (Lipinski definition) is 4. The molecule has 6 nitrogen and oxygen atoms in total. The van der Waals surface area contributed by atoms with E-state index in [2.05, 4.69) is 4.72 Å². The summed E-state index contributed by atoms with van der Waals surface area (Å²) in [5, 5.41) is 0. The quantitative estimate of drug-likeness (QED) is 0.847. The van der Waals surface area contributed by atoms with Crippen molar-refractivity contribution in [1.29, 1.82) is 0 Å². The van der Waals surface area contributed by atoms with Gasteiger partial charge in [0.2, 0.25) is 20.0 Å². The van der Waals surface area contributed by atoms with E-state index >= 15 is 0 Å². The van der Waals surface area contributed by atoms with Crippen LogP contribution in [0, 0.1) is 0 Å². The van der Waals surface area contributed by atoms with Crippen molar-refractivity contribution in [2.45, 2.75) is 48.9 Å². The normalized spacial score (nSPS) is 18.5. The van der Waals surface area contributed by atoms with Crippen molar-refractivity contribution in [3.63, 3.8) is 0 Å². The molecule has 0 spiro atoms. The first-order chi connectivity index (χ1) is 10.3. The van der Waals surface area contributed by atoms with Crippen molar-refractivity contribution in [2.75, 3.05) is 13.1 Å². The molecule has 0 amide bonds. The largest absolute Gasteiger partial charge is 0.243 e. The molecule has 0 unspecified atom stereocenters. The maximum absolute atomic E-state index is 12.4. The molecule has 1 heterocycles. The molecule has 124 valence electrons. The van der Waals surface area contributed by atoms with E-state index < -0.39 is 20.0 Å². The Morgan fingerprint density at radius 2 is 1.55 bits per heavy atom. The van der Waals surface area contributed by atoms with Crippen molar-refractivity contribution in [3.8, 4) is 0 Å². The van der Waals surface area contributed by atoms with Crippen molar-refractivity contribution in [3.05, 3.63) is 24.3 Å². The highest BCUT2D eigenvalue weighted by molar-refractivity contribution is 7.89. The van der Waals surface area contributed by atoms with Gasteiger partial charge in [-0.25, -0.2) is 21.6 Å². The van der Waals surface area contributed by atoms with Crippen LogP contribution in [-0.2, 0) is 20.0 Å². The van der Waals surface area contributed by atoms with Crippen molar-refractivity contribution in [1.82, 2.24) is 9.03 Å². The molecule has 1 aromatic carbocycles. The number of nitrogens with zero attached hydrogens (tertiary/aromatic N) is 1. The first-order valence-corrected chi connectivity index (χ1v) is 10.3. The highest BCUT2D eigenvalue weighted by atomic mass is 32.2. The zero-order chi connectivity index (χ0) is 16.4. The van der Waals surface area contributed by atoms with E-state index in [4.69, 9.17) is 0 Å². The minimum absolute atomic E-state index is 0.0770. The molecule has 1 saturated heterocycles. The van der Waals surface area contributed by atoms with Gasteiger partial charge in [-0.05, 0) is 50.5 Å². The topological polar surface area (TPSA) is 83.5 Å². The summed E-state index contributed by atoms with van der Waals surface area (Å²) in [6.07, 6.45) is 2.41. The lowest BCUT2D eigenvalue weighted by Gasteiger charge is -2.16. The third-order valence-electron chi connectivity index (χ3n) is 3.81. The van der Waals surface area contributed by atoms with E-state index in [0.717, 1.165) is 12.8 Å². The lowest BCUT2D eigenvalue weighted by atomic mass is 10.3. The molecule has 0 saturated carbocycles. The highest BCUT2D eigenvalue weighted by Crippen LogP contribution is 2.22. The molecule has 0 bridgehead atoms. The summed E-state index contributed by atoms with van der Waals surface area (Å²) in [6, 6.07) is 5.23. The molecule has 0 aromatic heterocycles. The first-order valence-electron chi connectivity index (χ1n) is 7.40. The molecule has 0 aliphatic carbocycles. The molecule has 1 fully saturated rings. The fourth-order valence-corrected chi connectivity index (χ4v) is 5.13. The second-order valence-corrected chi connectivity index (χ2v) is 9.17. The fraction of sp³-hybridized carbons (Fsp3) is 0.571. The Morgan fingerprint density at radius 3 is 2.05 bits per heavy atom. The average molecular weight is 346 g/mol. The Hall–Kier alpha value is -0.960. The molecule has 2 rings (SSSR count). The van der Waals surface area contributed by atoms with Crippen LogP contribution in [0.4, 0.5) is 0 Å². The molecule has 1 aromatic rings. The molecule has 1 N–H and O–H groups in total. The number of sulfonamides is 2. The van der Waals surface area contributed by atoms with E-state index in [0.29, 0.717) is 19.5 Å². The maximum Gasteiger partial charge on any atom is 0.243 e. The van der Waals surface area contributed by atoms with Crippen LogP contribution in [0.25, 0.3) is 0 Å². The lowest BCUT2D eigenvalue weighted by molar-refractivity contribution is 0.477. The van der Waals surface area contributed by atoms with Crippen LogP contribution in [0.15, 0.2) is 34.1 Å². The fourth-order valence-electron chi connectivity index (χ4n) is 2.28. The Bertz CT molecular complexity index is 706. The molecule has 1 aliphatic rings. The van der Waals surface area contributed by atoms with Gasteiger partial charge in [0.1, 0.15) is 0 Å². The van der Waals surface area contributed by atoms with Crippen LogP contribution in [-0.4, -0.2) is 40.3 Å². The van der Waals surface area contributed by atoms with E-state index in [1.54, 1.807) is 6.92 Å². The molecular formula is C14H22N2O4S2. The molecule has 1 aliphatic heterocycles. The second-order valence-electron chi connectivity index (χ2n) is 5.51. The zero-order valence-corrected chi connectivity index (χ0v) is 14.5. The summed E-state index contributed by atoms with van der Waals surface area (Å²) < 4.78 is 53.0. The Balaban J connectivity index is 2.23. The summed E-state index contributed by atoms with van der Waals surface area (Å²) in [7, 11) is -7.12. The standard InChI is InChI=1S/C14H22N2O4S2/c1-3-12(2)15-21(17,18)13-6-8-14(9-7-13)22(19,20)16-10-4-5-11-16/h6-9,12,15H,3-5,10-11H2,1-2H3/t12-/m0/s1. The maximum atomic E-state index is 12.4. The number of rotatable bonds is 6. The molecule has 1 atom stereocenters. The Morgan fingerprint density at radius 1 is 1.05 bits per heavy atom. The van der Waals surface area contributed by atoms with Gasteiger partial charge in [-0.15, -0.1) is 0 Å². The summed E-state index contributed by atoms with van der Waals surface area (Å²) in [5.74, 6) is 0. The minimum atomic E-state index is -3.61. The van der Waals surface area contributed by atoms with Gasteiger partial charge >= 0.3 is 0 Å². The Kier molecular flexibility index (Phi) is 5.26. The molecular weight excluding hydrogens is 324 g/mol. The molecule has 0 radical (unpaired) electrons. The monoisotopic (exact) mass is 346 g/mol. The SMILES string of the molecule is CC[C@H](C)NS(=O)(=O)c1ccc(S(=O)(=O)N2CCCC2)cc1. The average Bonchev–Trinajstić information content (AvgIpc) is 3.02. The van der Waals surface area contributed by atoms with Crippen molar-refractivity contribution < 1.29 is 16.8 Å². The lowest BCUT2D eigenvalue weighted by Crippen LogP contribution is -2.32. The van der Waals surface area contributed by atoms with Crippen LogP contribution in [0.1, 0.15) is 33.1 Å². The van der Waals surface area contributed by atoms with Crippen LogP contribution in [0.3, 0.4) is 0 Å². The van der Waals surface area contributed by atoms with E-state index in [1.807, 2.05) is 6.92 Å². The van der Waals surface area contributed by atoms with Gasteiger partial charge in [0.25, 0.3) is 0 Å². The van der Waals surface area contributed by atoms with Gasteiger partial charge in [-0.3, -0.25) is 0 Å². The summed E-state index contributed by atoms with van der Waals surface area (Å²) in [6.45, 7) is 4.72. The van der Waals surface area contributed by atoms with Crippen LogP contribution in [0.5, 0.6) is 0 Å². The number of benzene rings is 1. The van der Waals surface area contributed by atoms with Gasteiger partial charge < -0.3 is 0 Å².